The number of hydrogen-bond acceptors (Lipinski definition) is 2. The van der Waals surface area contributed by atoms with Gasteiger partial charge in [-0.15, -0.1) is 0 Å². The van der Waals surface area contributed by atoms with Crippen LogP contribution in [0, 0.1) is 0 Å². The van der Waals surface area contributed by atoms with Gasteiger partial charge in [-0.3, -0.25) is 0 Å². The maximum Gasteiger partial charge on any atom is 0.332 e. The molecule has 0 rings (SSSR count). The molecule has 0 saturated heterocycles. The quantitative estimate of drug-likeness (QED) is 0.359. The van der Waals surface area contributed by atoms with Crippen LogP contribution in [0.15, 0.2) is 12.2 Å². The molecule has 0 spiro atoms. The van der Waals surface area contributed by atoms with Crippen molar-refractivity contribution in [2.45, 2.75) is 90.1 Å². The molecule has 0 bridgehead atoms. The molecule has 3 nitrogen and oxygen atoms in total. The third-order valence-corrected chi connectivity index (χ3v) is 3.52. The van der Waals surface area contributed by atoms with Gasteiger partial charge in [-0.2, -0.15) is 0 Å². The average Bonchev–Trinajstić information content (AvgIpc) is 2.43. The molecule has 0 aliphatic rings. The monoisotopic (exact) mass is 284 g/mol. The highest BCUT2D eigenvalue weighted by Gasteiger charge is 2.11. The Hall–Kier alpha value is -0.830. The fourth-order valence-electron chi connectivity index (χ4n) is 2.18. The molecule has 1 atom stereocenters. The summed E-state index contributed by atoms with van der Waals surface area (Å²) < 4.78 is 0. The van der Waals surface area contributed by atoms with Gasteiger partial charge in [0, 0.05) is 0 Å². The van der Waals surface area contributed by atoms with E-state index in [4.69, 9.17) is 10.2 Å². The molecular weight excluding hydrogens is 252 g/mol. The number of aliphatic hydroxyl groups is 1. The summed E-state index contributed by atoms with van der Waals surface area (Å²) in [6.07, 6.45) is 16.9. The van der Waals surface area contributed by atoms with Gasteiger partial charge in [0.15, 0.2) is 6.10 Å². The molecule has 0 aromatic heterocycles. The lowest BCUT2D eigenvalue weighted by Gasteiger charge is -2.03. The zero-order chi connectivity index (χ0) is 15.1. The number of aliphatic hydroxyl groups excluding tert-OH is 1. The lowest BCUT2D eigenvalue weighted by atomic mass is 10.1. The van der Waals surface area contributed by atoms with Crippen molar-refractivity contribution < 1.29 is 15.0 Å². The zero-order valence-electron chi connectivity index (χ0n) is 13.0. The van der Waals surface area contributed by atoms with Crippen LogP contribution in [0.4, 0.5) is 0 Å². The first kappa shape index (κ1) is 19.2. The first-order valence-corrected chi connectivity index (χ1v) is 8.24. The van der Waals surface area contributed by atoms with Gasteiger partial charge in [0.05, 0.1) is 0 Å². The van der Waals surface area contributed by atoms with Crippen LogP contribution in [-0.2, 0) is 4.79 Å². The number of carboxylic acids is 1. The Morgan fingerprint density at radius 3 is 1.95 bits per heavy atom. The second-order valence-electron chi connectivity index (χ2n) is 5.52. The lowest BCUT2D eigenvalue weighted by molar-refractivity contribution is -0.146. The third-order valence-electron chi connectivity index (χ3n) is 3.52. The van der Waals surface area contributed by atoms with Crippen molar-refractivity contribution in [1.29, 1.82) is 0 Å². The van der Waals surface area contributed by atoms with E-state index in [0.29, 0.717) is 6.42 Å². The van der Waals surface area contributed by atoms with Gasteiger partial charge in [0.2, 0.25) is 0 Å². The molecule has 20 heavy (non-hydrogen) atoms. The molecule has 0 aromatic rings. The highest BCUT2D eigenvalue weighted by Crippen LogP contribution is 2.09. The minimum Gasteiger partial charge on any atom is -0.479 e. The number of rotatable bonds is 14. The number of aliphatic carboxylic acids is 1. The number of unbranched alkanes of at least 4 members (excludes halogenated alkanes) is 9. The van der Waals surface area contributed by atoms with Gasteiger partial charge in [-0.05, 0) is 38.5 Å². The van der Waals surface area contributed by atoms with Crippen LogP contribution in [0.5, 0.6) is 0 Å². The molecular formula is C17H32O3. The van der Waals surface area contributed by atoms with Crippen LogP contribution in [0.25, 0.3) is 0 Å². The Kier molecular flexibility index (Phi) is 14.0. The Morgan fingerprint density at radius 1 is 0.900 bits per heavy atom. The molecule has 0 aliphatic carbocycles. The van der Waals surface area contributed by atoms with Gasteiger partial charge >= 0.3 is 5.97 Å². The summed E-state index contributed by atoms with van der Waals surface area (Å²) in [4.78, 5) is 10.4. The minimum atomic E-state index is -1.19. The van der Waals surface area contributed by atoms with E-state index in [9.17, 15) is 4.79 Å². The summed E-state index contributed by atoms with van der Waals surface area (Å²) in [5.41, 5.74) is 0. The second-order valence-corrected chi connectivity index (χ2v) is 5.52. The lowest BCUT2D eigenvalue weighted by Crippen LogP contribution is -2.18. The van der Waals surface area contributed by atoms with Crippen molar-refractivity contribution in [3.63, 3.8) is 0 Å². The Morgan fingerprint density at radius 2 is 1.40 bits per heavy atom. The van der Waals surface area contributed by atoms with Crippen molar-refractivity contribution in [2.24, 2.45) is 0 Å². The zero-order valence-corrected chi connectivity index (χ0v) is 13.0. The number of hydrogen-bond donors (Lipinski definition) is 2. The van der Waals surface area contributed by atoms with Gasteiger partial charge in [-0.25, -0.2) is 4.79 Å². The van der Waals surface area contributed by atoms with Gasteiger partial charge in [0.25, 0.3) is 0 Å². The maximum absolute atomic E-state index is 10.4. The fourth-order valence-corrected chi connectivity index (χ4v) is 2.18. The van der Waals surface area contributed by atoms with E-state index < -0.39 is 12.1 Å². The highest BCUT2D eigenvalue weighted by molar-refractivity contribution is 5.71. The van der Waals surface area contributed by atoms with E-state index >= 15 is 0 Å². The molecule has 0 amide bonds. The predicted molar refractivity (Wildman–Crippen MR) is 83.9 cm³/mol. The van der Waals surface area contributed by atoms with Crippen molar-refractivity contribution >= 4 is 5.97 Å². The molecule has 118 valence electrons. The number of carboxylic acid groups (broad SMARTS) is 1. The van der Waals surface area contributed by atoms with E-state index in [1.54, 1.807) is 0 Å². The van der Waals surface area contributed by atoms with Crippen molar-refractivity contribution in [3.05, 3.63) is 12.2 Å². The van der Waals surface area contributed by atoms with Crippen LogP contribution in [0.2, 0.25) is 0 Å². The smallest absolute Gasteiger partial charge is 0.332 e. The molecule has 0 aliphatic heterocycles. The Balaban J connectivity index is 3.18. The molecule has 0 saturated carbocycles. The largest absolute Gasteiger partial charge is 0.479 e. The maximum atomic E-state index is 10.4. The molecule has 0 heterocycles. The minimum absolute atomic E-state index is 0.362. The fraction of sp³-hybridized carbons (Fsp3) is 0.824. The van der Waals surface area contributed by atoms with Crippen LogP contribution < -0.4 is 0 Å². The number of carbonyl (C=O) groups is 1. The van der Waals surface area contributed by atoms with Crippen LogP contribution >= 0.6 is 0 Å². The van der Waals surface area contributed by atoms with E-state index in [1.165, 1.54) is 44.9 Å². The molecule has 0 aromatic carbocycles. The van der Waals surface area contributed by atoms with Gasteiger partial charge in [-0.1, -0.05) is 57.6 Å². The topological polar surface area (TPSA) is 57.5 Å². The molecule has 0 radical (unpaired) electrons. The highest BCUT2D eigenvalue weighted by atomic mass is 16.4. The average molecular weight is 284 g/mol. The van der Waals surface area contributed by atoms with Gasteiger partial charge < -0.3 is 10.2 Å². The Labute approximate surface area is 124 Å². The van der Waals surface area contributed by atoms with E-state index in [1.807, 2.05) is 0 Å². The first-order valence-electron chi connectivity index (χ1n) is 8.24. The molecule has 2 N–H and O–H groups in total. The summed E-state index contributed by atoms with van der Waals surface area (Å²) in [7, 11) is 0. The van der Waals surface area contributed by atoms with E-state index in [-0.39, 0.29) is 0 Å². The molecule has 3 heteroatoms. The first-order chi connectivity index (χ1) is 9.68. The normalized spacial score (nSPS) is 12.9. The third kappa shape index (κ3) is 13.6. The molecule has 0 fully saturated rings. The van der Waals surface area contributed by atoms with Crippen LogP contribution in [0.3, 0.4) is 0 Å². The molecule has 1 unspecified atom stereocenters. The number of allylic oxidation sites excluding steroid dienone is 2. The second kappa shape index (κ2) is 14.6. The van der Waals surface area contributed by atoms with Crippen molar-refractivity contribution in [1.82, 2.24) is 0 Å². The van der Waals surface area contributed by atoms with Crippen LogP contribution in [-0.4, -0.2) is 22.3 Å². The summed E-state index contributed by atoms with van der Waals surface area (Å²) in [6, 6.07) is 0. The predicted octanol–water partition coefficient (Wildman–Crippen LogP) is 4.69. The van der Waals surface area contributed by atoms with E-state index in [0.717, 1.165) is 25.7 Å². The summed E-state index contributed by atoms with van der Waals surface area (Å²) >= 11 is 0. The summed E-state index contributed by atoms with van der Waals surface area (Å²) in [5.74, 6) is -1.11. The van der Waals surface area contributed by atoms with E-state index in [2.05, 4.69) is 19.1 Å². The SMILES string of the molecule is CCCCCCCCC/C=C\CCCCC(O)C(=O)O. The van der Waals surface area contributed by atoms with Crippen molar-refractivity contribution in [3.8, 4) is 0 Å². The van der Waals surface area contributed by atoms with Crippen LogP contribution in [0.1, 0.15) is 84.0 Å². The summed E-state index contributed by atoms with van der Waals surface area (Å²) in [6.45, 7) is 2.24. The standard InChI is InChI=1S/C17H32O3/c1-2-3-4-5-6-7-8-9-10-11-12-13-14-15-16(18)17(19)20/h10-11,16,18H,2-9,12-15H2,1H3,(H,19,20)/b11-10-. The van der Waals surface area contributed by atoms with Gasteiger partial charge in [0.1, 0.15) is 0 Å². The van der Waals surface area contributed by atoms with Crippen molar-refractivity contribution in [2.75, 3.05) is 0 Å². The Bertz CT molecular complexity index is 249. The summed E-state index contributed by atoms with van der Waals surface area (Å²) in [5, 5.41) is 17.6.